The van der Waals surface area contributed by atoms with Gasteiger partial charge in [0.1, 0.15) is 11.7 Å². The number of pyridine rings is 1. The molecule has 0 saturated heterocycles. The largest absolute Gasteiger partial charge is 0.480 e. The summed E-state index contributed by atoms with van der Waals surface area (Å²) >= 11 is 0. The third-order valence-corrected chi connectivity index (χ3v) is 2.80. The molecule has 0 aliphatic rings. The average Bonchev–Trinajstić information content (AvgIpc) is 2.45. The Balaban J connectivity index is 2.78. The molecule has 1 heterocycles. The van der Waals surface area contributed by atoms with Crippen molar-refractivity contribution in [1.82, 2.24) is 15.6 Å². The van der Waals surface area contributed by atoms with Crippen molar-refractivity contribution < 1.29 is 19.5 Å². The third-order valence-electron chi connectivity index (χ3n) is 2.80. The van der Waals surface area contributed by atoms with E-state index < -0.39 is 17.9 Å². The predicted octanol–water partition coefficient (Wildman–Crippen LogP) is 0.670. The summed E-state index contributed by atoms with van der Waals surface area (Å²) in [5.74, 6) is -1.82. The van der Waals surface area contributed by atoms with E-state index in [4.69, 9.17) is 5.11 Å². The molecule has 114 valence electrons. The summed E-state index contributed by atoms with van der Waals surface area (Å²) in [4.78, 5) is 38.3. The molecule has 1 aromatic heterocycles. The molecule has 1 aromatic rings. The molecule has 0 aliphatic carbocycles. The number of aliphatic carboxylic acids is 1. The standard InChI is InChI=1S/C14H19N3O4/c1-8(2)6-11(14(20)21)17-12(18)9-4-5-10(16-7-9)13(19)15-3/h4-5,7-8,11H,6H2,1-3H3,(H,15,19)(H,17,18)(H,20,21). The zero-order valence-electron chi connectivity index (χ0n) is 12.2. The van der Waals surface area contributed by atoms with E-state index in [9.17, 15) is 14.4 Å². The zero-order chi connectivity index (χ0) is 16.0. The Kier molecular flexibility index (Phi) is 5.83. The number of hydrogen-bond acceptors (Lipinski definition) is 4. The highest BCUT2D eigenvalue weighted by Crippen LogP contribution is 2.07. The van der Waals surface area contributed by atoms with E-state index in [1.165, 1.54) is 25.4 Å². The van der Waals surface area contributed by atoms with Crippen molar-refractivity contribution in [3.8, 4) is 0 Å². The van der Waals surface area contributed by atoms with E-state index in [1.807, 2.05) is 13.8 Å². The number of carbonyl (C=O) groups is 3. The van der Waals surface area contributed by atoms with Crippen LogP contribution in [0, 0.1) is 5.92 Å². The first-order chi connectivity index (χ1) is 9.85. The van der Waals surface area contributed by atoms with E-state index in [2.05, 4.69) is 15.6 Å². The Bertz CT molecular complexity index is 526. The van der Waals surface area contributed by atoms with Crippen LogP contribution in [0.25, 0.3) is 0 Å². The molecular weight excluding hydrogens is 274 g/mol. The molecule has 7 nitrogen and oxygen atoms in total. The Labute approximate surface area is 122 Å². The summed E-state index contributed by atoms with van der Waals surface area (Å²) in [5, 5.41) is 14.0. The number of rotatable bonds is 6. The van der Waals surface area contributed by atoms with Crippen molar-refractivity contribution in [3.05, 3.63) is 29.6 Å². The lowest BCUT2D eigenvalue weighted by atomic mass is 10.0. The first kappa shape index (κ1) is 16.6. The fourth-order valence-electron chi connectivity index (χ4n) is 1.73. The second-order valence-electron chi connectivity index (χ2n) is 5.01. The molecule has 0 saturated carbocycles. The minimum absolute atomic E-state index is 0.139. The molecular formula is C14H19N3O4. The minimum atomic E-state index is -1.08. The van der Waals surface area contributed by atoms with Crippen LogP contribution in [0.2, 0.25) is 0 Å². The first-order valence-corrected chi connectivity index (χ1v) is 6.57. The van der Waals surface area contributed by atoms with Gasteiger partial charge in [-0.3, -0.25) is 14.6 Å². The van der Waals surface area contributed by atoms with E-state index in [0.29, 0.717) is 6.42 Å². The van der Waals surface area contributed by atoms with E-state index in [-0.39, 0.29) is 23.1 Å². The SMILES string of the molecule is CNC(=O)c1ccc(C(=O)NC(CC(C)C)C(=O)O)cn1. The Hall–Kier alpha value is -2.44. The Morgan fingerprint density at radius 2 is 1.90 bits per heavy atom. The number of amides is 2. The van der Waals surface area contributed by atoms with Crippen LogP contribution >= 0.6 is 0 Å². The van der Waals surface area contributed by atoms with Crippen molar-refractivity contribution >= 4 is 17.8 Å². The van der Waals surface area contributed by atoms with Gasteiger partial charge in [-0.25, -0.2) is 4.79 Å². The van der Waals surface area contributed by atoms with Crippen molar-refractivity contribution in [2.75, 3.05) is 7.05 Å². The van der Waals surface area contributed by atoms with Crippen molar-refractivity contribution in [2.24, 2.45) is 5.92 Å². The fourth-order valence-corrected chi connectivity index (χ4v) is 1.73. The van der Waals surface area contributed by atoms with Gasteiger partial charge < -0.3 is 15.7 Å². The van der Waals surface area contributed by atoms with Gasteiger partial charge in [0, 0.05) is 13.2 Å². The van der Waals surface area contributed by atoms with E-state index in [0.717, 1.165) is 0 Å². The summed E-state index contributed by atoms with van der Waals surface area (Å²) in [6.07, 6.45) is 1.58. The molecule has 0 fully saturated rings. The maximum Gasteiger partial charge on any atom is 0.326 e. The number of hydrogen-bond donors (Lipinski definition) is 3. The molecule has 0 radical (unpaired) electrons. The molecule has 0 spiro atoms. The van der Waals surface area contributed by atoms with Gasteiger partial charge >= 0.3 is 5.97 Å². The molecule has 0 aromatic carbocycles. The van der Waals surface area contributed by atoms with E-state index in [1.54, 1.807) is 0 Å². The zero-order valence-corrected chi connectivity index (χ0v) is 12.2. The van der Waals surface area contributed by atoms with Crippen LogP contribution in [0.4, 0.5) is 0 Å². The van der Waals surface area contributed by atoms with Gasteiger partial charge in [-0.05, 0) is 24.5 Å². The molecule has 1 rings (SSSR count). The second-order valence-corrected chi connectivity index (χ2v) is 5.01. The summed E-state index contributed by atoms with van der Waals surface area (Å²) in [7, 11) is 1.48. The highest BCUT2D eigenvalue weighted by atomic mass is 16.4. The van der Waals surface area contributed by atoms with Crippen LogP contribution in [0.1, 0.15) is 41.1 Å². The molecule has 0 aliphatic heterocycles. The van der Waals surface area contributed by atoms with Gasteiger partial charge in [0.2, 0.25) is 0 Å². The molecule has 7 heteroatoms. The maximum atomic E-state index is 12.0. The highest BCUT2D eigenvalue weighted by molar-refractivity contribution is 5.97. The van der Waals surface area contributed by atoms with Crippen molar-refractivity contribution in [3.63, 3.8) is 0 Å². The molecule has 1 atom stereocenters. The van der Waals surface area contributed by atoms with Crippen LogP contribution < -0.4 is 10.6 Å². The lowest BCUT2D eigenvalue weighted by Gasteiger charge is -2.16. The monoisotopic (exact) mass is 293 g/mol. The van der Waals surface area contributed by atoms with Crippen molar-refractivity contribution in [2.45, 2.75) is 26.3 Å². The molecule has 2 amide bonds. The Morgan fingerprint density at radius 1 is 1.24 bits per heavy atom. The maximum absolute atomic E-state index is 12.0. The van der Waals surface area contributed by atoms with E-state index >= 15 is 0 Å². The minimum Gasteiger partial charge on any atom is -0.480 e. The van der Waals surface area contributed by atoms with Gasteiger partial charge in [0.05, 0.1) is 5.56 Å². The number of aromatic nitrogens is 1. The Morgan fingerprint density at radius 3 is 2.33 bits per heavy atom. The normalized spacial score (nSPS) is 11.8. The van der Waals surface area contributed by atoms with Gasteiger partial charge in [-0.2, -0.15) is 0 Å². The topological polar surface area (TPSA) is 108 Å². The van der Waals surface area contributed by atoms with Crippen molar-refractivity contribution in [1.29, 1.82) is 0 Å². The van der Waals surface area contributed by atoms with Gasteiger partial charge in [-0.15, -0.1) is 0 Å². The highest BCUT2D eigenvalue weighted by Gasteiger charge is 2.22. The number of nitrogens with zero attached hydrogens (tertiary/aromatic N) is 1. The lowest BCUT2D eigenvalue weighted by Crippen LogP contribution is -2.41. The summed E-state index contributed by atoms with van der Waals surface area (Å²) < 4.78 is 0. The molecule has 1 unspecified atom stereocenters. The molecule has 0 bridgehead atoms. The lowest BCUT2D eigenvalue weighted by molar-refractivity contribution is -0.139. The smallest absolute Gasteiger partial charge is 0.326 e. The summed E-state index contributed by atoms with van der Waals surface area (Å²) in [6.45, 7) is 3.75. The summed E-state index contributed by atoms with van der Waals surface area (Å²) in [6, 6.07) is 1.89. The number of carboxylic acids is 1. The van der Waals surface area contributed by atoms with Crippen LogP contribution in [0.5, 0.6) is 0 Å². The number of carboxylic acid groups (broad SMARTS) is 1. The average molecular weight is 293 g/mol. The van der Waals surface area contributed by atoms with Crippen LogP contribution in [0.15, 0.2) is 18.3 Å². The number of carbonyl (C=O) groups excluding carboxylic acids is 2. The van der Waals surface area contributed by atoms with Gasteiger partial charge in [-0.1, -0.05) is 13.8 Å². The van der Waals surface area contributed by atoms with Gasteiger partial charge in [0.25, 0.3) is 11.8 Å². The predicted molar refractivity (Wildman–Crippen MR) is 76.0 cm³/mol. The quantitative estimate of drug-likeness (QED) is 0.714. The summed E-state index contributed by atoms with van der Waals surface area (Å²) in [5.41, 5.74) is 0.392. The second kappa shape index (κ2) is 7.37. The van der Waals surface area contributed by atoms with Crippen LogP contribution in [-0.2, 0) is 4.79 Å². The number of nitrogens with one attached hydrogen (secondary N) is 2. The molecule has 3 N–H and O–H groups in total. The third kappa shape index (κ3) is 4.87. The molecule has 21 heavy (non-hydrogen) atoms. The fraction of sp³-hybridized carbons (Fsp3) is 0.429. The first-order valence-electron chi connectivity index (χ1n) is 6.57. The van der Waals surface area contributed by atoms with Crippen LogP contribution in [-0.4, -0.2) is 41.0 Å². The van der Waals surface area contributed by atoms with Crippen LogP contribution in [0.3, 0.4) is 0 Å². The van der Waals surface area contributed by atoms with Gasteiger partial charge in [0.15, 0.2) is 0 Å².